The van der Waals surface area contributed by atoms with Gasteiger partial charge in [-0.3, -0.25) is 14.8 Å². The smallest absolute Gasteiger partial charge is 0.253 e. The SMILES string of the molecule is Cl.N[C@@H]1CCCN(c2ccnc3c(F)cc(-c4c[nH]c5ncc(C(=O)NCc6cccnc6)cc45)cc23)C1. The number of nitrogens with two attached hydrogens (primary N) is 1. The summed E-state index contributed by atoms with van der Waals surface area (Å²) in [7, 11) is 0. The third-order valence-electron chi connectivity index (χ3n) is 6.85. The Balaban J connectivity index is 0.00000294. The predicted octanol–water partition coefficient (Wildman–Crippen LogP) is 4.59. The number of fused-ring (bicyclic) bond motifs is 2. The number of pyridine rings is 3. The van der Waals surface area contributed by atoms with Crippen LogP contribution in [0.25, 0.3) is 33.1 Å². The predicted molar refractivity (Wildman–Crippen MR) is 149 cm³/mol. The van der Waals surface area contributed by atoms with Crippen LogP contribution in [-0.4, -0.2) is 45.0 Å². The molecule has 0 bridgehead atoms. The van der Waals surface area contributed by atoms with Gasteiger partial charge in [0.15, 0.2) is 0 Å². The Morgan fingerprint density at radius 3 is 2.87 bits per heavy atom. The Hall–Kier alpha value is -4.08. The van der Waals surface area contributed by atoms with Gasteiger partial charge >= 0.3 is 0 Å². The number of amides is 1. The van der Waals surface area contributed by atoms with E-state index >= 15 is 4.39 Å². The van der Waals surface area contributed by atoms with Gasteiger partial charge in [0.05, 0.1) is 5.56 Å². The number of hydrogen-bond donors (Lipinski definition) is 3. The van der Waals surface area contributed by atoms with E-state index in [0.29, 0.717) is 28.8 Å². The fourth-order valence-corrected chi connectivity index (χ4v) is 5.01. The van der Waals surface area contributed by atoms with Gasteiger partial charge in [0.25, 0.3) is 5.91 Å². The minimum Gasteiger partial charge on any atom is -0.369 e. The van der Waals surface area contributed by atoms with E-state index in [1.54, 1.807) is 30.9 Å². The van der Waals surface area contributed by atoms with Crippen molar-refractivity contribution >= 4 is 45.9 Å². The van der Waals surface area contributed by atoms with Gasteiger partial charge in [0, 0.05) is 78.7 Å². The molecule has 1 aromatic carbocycles. The van der Waals surface area contributed by atoms with Gasteiger partial charge in [-0.1, -0.05) is 6.07 Å². The van der Waals surface area contributed by atoms with Gasteiger partial charge < -0.3 is 20.9 Å². The highest BCUT2D eigenvalue weighted by atomic mass is 35.5. The summed E-state index contributed by atoms with van der Waals surface area (Å²) in [6.07, 6.45) is 10.3. The second-order valence-electron chi connectivity index (χ2n) is 9.40. The molecule has 4 N–H and O–H groups in total. The van der Waals surface area contributed by atoms with Crippen molar-refractivity contribution in [2.24, 2.45) is 5.73 Å². The van der Waals surface area contributed by atoms with Gasteiger partial charge in [-0.15, -0.1) is 12.4 Å². The monoisotopic (exact) mass is 531 g/mol. The summed E-state index contributed by atoms with van der Waals surface area (Å²) in [5.41, 5.74) is 10.9. The molecule has 1 atom stereocenters. The lowest BCUT2D eigenvalue weighted by atomic mass is 10.00. The molecule has 5 heterocycles. The molecule has 10 heteroatoms. The number of hydrogen-bond acceptors (Lipinski definition) is 6. The lowest BCUT2D eigenvalue weighted by molar-refractivity contribution is 0.0950. The van der Waals surface area contributed by atoms with E-state index in [9.17, 15) is 4.79 Å². The first-order valence-corrected chi connectivity index (χ1v) is 12.3. The van der Waals surface area contributed by atoms with Crippen LogP contribution >= 0.6 is 12.4 Å². The highest BCUT2D eigenvalue weighted by molar-refractivity contribution is 6.03. The highest BCUT2D eigenvalue weighted by Crippen LogP contribution is 2.35. The zero-order valence-electron chi connectivity index (χ0n) is 20.5. The number of anilines is 1. The summed E-state index contributed by atoms with van der Waals surface area (Å²) in [6.45, 7) is 1.95. The maximum Gasteiger partial charge on any atom is 0.253 e. The van der Waals surface area contributed by atoms with Crippen molar-refractivity contribution in [1.82, 2.24) is 25.3 Å². The number of halogens is 2. The number of nitrogens with zero attached hydrogens (tertiary/aromatic N) is 4. The highest BCUT2D eigenvalue weighted by Gasteiger charge is 2.21. The number of nitrogens with one attached hydrogen (secondary N) is 2. The number of carbonyl (C=O) groups is 1. The van der Waals surface area contributed by atoms with Crippen molar-refractivity contribution < 1.29 is 9.18 Å². The van der Waals surface area contributed by atoms with Crippen molar-refractivity contribution in [3.8, 4) is 11.1 Å². The van der Waals surface area contributed by atoms with Crippen molar-refractivity contribution in [2.45, 2.75) is 25.4 Å². The van der Waals surface area contributed by atoms with Crippen LogP contribution in [0.5, 0.6) is 0 Å². The van der Waals surface area contributed by atoms with Crippen LogP contribution in [0.15, 0.2) is 67.4 Å². The summed E-state index contributed by atoms with van der Waals surface area (Å²) in [5.74, 6) is -0.647. The third kappa shape index (κ3) is 4.90. The molecule has 1 fully saturated rings. The van der Waals surface area contributed by atoms with Crippen LogP contribution < -0.4 is 16.0 Å². The van der Waals surface area contributed by atoms with Crippen molar-refractivity contribution in [3.05, 3.63) is 84.3 Å². The number of aromatic nitrogens is 4. The third-order valence-corrected chi connectivity index (χ3v) is 6.85. The molecule has 8 nitrogen and oxygen atoms in total. The van der Waals surface area contributed by atoms with E-state index in [1.165, 1.54) is 12.3 Å². The van der Waals surface area contributed by atoms with Crippen LogP contribution in [0.1, 0.15) is 28.8 Å². The van der Waals surface area contributed by atoms with Crippen LogP contribution in [0.4, 0.5) is 10.1 Å². The maximum absolute atomic E-state index is 15.3. The molecule has 1 aliphatic rings. The second-order valence-corrected chi connectivity index (χ2v) is 9.40. The first-order chi connectivity index (χ1) is 18.1. The maximum atomic E-state index is 15.3. The molecular formula is C28H27ClFN7O. The molecule has 4 aromatic heterocycles. The quantitative estimate of drug-likeness (QED) is 0.306. The lowest BCUT2D eigenvalue weighted by Gasteiger charge is -2.33. The van der Waals surface area contributed by atoms with Gasteiger partial charge in [-0.2, -0.15) is 0 Å². The number of H-pyrrole nitrogens is 1. The van der Waals surface area contributed by atoms with E-state index in [0.717, 1.165) is 53.5 Å². The first kappa shape index (κ1) is 25.6. The zero-order chi connectivity index (χ0) is 25.4. The van der Waals surface area contributed by atoms with Gasteiger partial charge in [0.2, 0.25) is 0 Å². The fourth-order valence-electron chi connectivity index (χ4n) is 5.01. The van der Waals surface area contributed by atoms with E-state index in [-0.39, 0.29) is 24.4 Å². The number of piperidine rings is 1. The number of rotatable bonds is 5. The molecule has 6 rings (SSSR count). The molecule has 0 saturated carbocycles. The van der Waals surface area contributed by atoms with E-state index in [1.807, 2.05) is 24.3 Å². The number of carbonyl (C=O) groups excluding carboxylic acids is 1. The minimum atomic E-state index is -0.400. The average molecular weight is 532 g/mol. The summed E-state index contributed by atoms with van der Waals surface area (Å²) in [5, 5.41) is 4.37. The Kier molecular flexibility index (Phi) is 7.22. The molecule has 1 amide bonds. The summed E-state index contributed by atoms with van der Waals surface area (Å²) >= 11 is 0. The Morgan fingerprint density at radius 2 is 2.05 bits per heavy atom. The van der Waals surface area contributed by atoms with Crippen LogP contribution in [0.2, 0.25) is 0 Å². The van der Waals surface area contributed by atoms with Crippen LogP contribution in [0, 0.1) is 5.82 Å². The summed E-state index contributed by atoms with van der Waals surface area (Å²) in [4.78, 5) is 31.0. The van der Waals surface area contributed by atoms with Gasteiger partial charge in [-0.25, -0.2) is 9.37 Å². The molecule has 1 aliphatic heterocycles. The molecule has 194 valence electrons. The molecule has 0 radical (unpaired) electrons. The summed E-state index contributed by atoms with van der Waals surface area (Å²) in [6, 6.07) is 11.0. The van der Waals surface area contributed by atoms with Gasteiger partial charge in [0.1, 0.15) is 17.0 Å². The number of benzene rings is 1. The molecule has 1 saturated heterocycles. The lowest BCUT2D eigenvalue weighted by Crippen LogP contribution is -2.42. The van der Waals surface area contributed by atoms with Gasteiger partial charge in [-0.05, 0) is 54.3 Å². The van der Waals surface area contributed by atoms with E-state index in [2.05, 4.69) is 30.2 Å². The molecule has 0 spiro atoms. The largest absolute Gasteiger partial charge is 0.369 e. The van der Waals surface area contributed by atoms with Crippen LogP contribution in [0.3, 0.4) is 0 Å². The topological polar surface area (TPSA) is 113 Å². The zero-order valence-corrected chi connectivity index (χ0v) is 21.3. The molecule has 5 aromatic rings. The van der Waals surface area contributed by atoms with E-state index in [4.69, 9.17) is 5.73 Å². The van der Waals surface area contributed by atoms with Crippen molar-refractivity contribution in [3.63, 3.8) is 0 Å². The summed E-state index contributed by atoms with van der Waals surface area (Å²) < 4.78 is 15.3. The first-order valence-electron chi connectivity index (χ1n) is 12.3. The van der Waals surface area contributed by atoms with Crippen molar-refractivity contribution in [2.75, 3.05) is 18.0 Å². The standard InChI is InChI=1S/C28H26FN7O.ClH/c29-24-11-18(9-22-25(5-7-32-26(22)24)36-8-2-4-20(30)16-36)23-15-34-27-21(23)10-19(14-33-27)28(37)35-13-17-3-1-6-31-12-17;/h1,3,5-7,9-12,14-15,20H,2,4,8,13,16,30H2,(H,33,34)(H,35,37);1H/t20-;/m1./s1. The minimum absolute atomic E-state index is 0. The Bertz CT molecular complexity index is 1610. The van der Waals surface area contributed by atoms with Crippen molar-refractivity contribution in [1.29, 1.82) is 0 Å². The Labute approximate surface area is 224 Å². The Morgan fingerprint density at radius 1 is 1.16 bits per heavy atom. The van der Waals surface area contributed by atoms with Crippen LogP contribution in [-0.2, 0) is 6.54 Å². The molecule has 38 heavy (non-hydrogen) atoms. The molecule has 0 unspecified atom stereocenters. The normalized spacial score (nSPS) is 15.4. The molecular weight excluding hydrogens is 505 g/mol. The molecule has 0 aliphatic carbocycles. The second kappa shape index (κ2) is 10.7. The fraction of sp³-hybridized carbons (Fsp3) is 0.214. The van der Waals surface area contributed by atoms with E-state index < -0.39 is 5.82 Å². The number of aromatic amines is 1. The average Bonchev–Trinajstić information content (AvgIpc) is 3.35.